The van der Waals surface area contributed by atoms with E-state index in [1.54, 1.807) is 0 Å². The van der Waals surface area contributed by atoms with Crippen LogP contribution in [0.4, 0.5) is 0 Å². The molecule has 1 aliphatic heterocycles. The molecule has 0 amide bonds. The fourth-order valence-corrected chi connectivity index (χ4v) is 7.66. The number of hydrogen-bond acceptors (Lipinski definition) is 5. The van der Waals surface area contributed by atoms with Gasteiger partial charge in [0.1, 0.15) is 30.5 Å². The molecule has 1 fully saturated rings. The molecule has 1 aromatic heterocycles. The van der Waals surface area contributed by atoms with Gasteiger partial charge in [-0.1, -0.05) is 164 Å². The molecular weight excluding hydrogens is 695 g/mol. The largest absolute Gasteiger partial charge is 0.374 e. The van der Waals surface area contributed by atoms with Gasteiger partial charge in [0.05, 0.1) is 33.0 Å². The number of fused-ring (bicyclic) bond motifs is 1. The molecule has 1 saturated heterocycles. The van der Waals surface area contributed by atoms with E-state index in [2.05, 4.69) is 115 Å². The first-order chi connectivity index (χ1) is 27.7. The van der Waals surface area contributed by atoms with Crippen molar-refractivity contribution in [1.29, 1.82) is 0 Å². The highest BCUT2D eigenvalue weighted by molar-refractivity contribution is 5.81. The molecule has 6 nitrogen and oxygen atoms in total. The second-order valence-corrected chi connectivity index (χ2v) is 14.6. The van der Waals surface area contributed by atoms with Crippen molar-refractivity contribution >= 4 is 10.9 Å². The number of hydrogen-bond donors (Lipinski definition) is 0. The van der Waals surface area contributed by atoms with E-state index in [1.165, 1.54) is 22.2 Å². The van der Waals surface area contributed by atoms with Crippen LogP contribution < -0.4 is 0 Å². The Balaban J connectivity index is 1.15. The van der Waals surface area contributed by atoms with E-state index in [0.29, 0.717) is 33.0 Å². The number of nitrogens with zero attached hydrogens (tertiary/aromatic N) is 1. The van der Waals surface area contributed by atoms with Crippen molar-refractivity contribution < 1.29 is 23.7 Å². The molecule has 2 heterocycles. The van der Waals surface area contributed by atoms with Gasteiger partial charge in [0.2, 0.25) is 0 Å². The summed E-state index contributed by atoms with van der Waals surface area (Å²) in [5.41, 5.74) is 9.02. The van der Waals surface area contributed by atoms with Crippen LogP contribution in [-0.4, -0.2) is 35.6 Å². The van der Waals surface area contributed by atoms with Crippen LogP contribution in [0, 0.1) is 0 Å². The molecule has 7 aromatic rings. The van der Waals surface area contributed by atoms with Crippen molar-refractivity contribution in [3.05, 3.63) is 215 Å². The molecule has 284 valence electrons. The Hall–Kier alpha value is -5.34. The van der Waals surface area contributed by atoms with Crippen molar-refractivity contribution in [2.75, 3.05) is 6.61 Å². The minimum atomic E-state index is -0.502. The molecule has 6 heteroatoms. The Morgan fingerprint density at radius 2 is 0.982 bits per heavy atom. The number of benzene rings is 6. The van der Waals surface area contributed by atoms with Crippen LogP contribution in [0.25, 0.3) is 10.9 Å². The van der Waals surface area contributed by atoms with Crippen molar-refractivity contribution in [1.82, 2.24) is 4.57 Å². The lowest BCUT2D eigenvalue weighted by molar-refractivity contribution is -0.275. The van der Waals surface area contributed by atoms with E-state index in [1.807, 2.05) is 72.8 Å². The molecule has 8 rings (SSSR count). The van der Waals surface area contributed by atoms with Gasteiger partial charge < -0.3 is 28.3 Å². The van der Waals surface area contributed by atoms with Crippen LogP contribution in [0.15, 0.2) is 176 Å². The topological polar surface area (TPSA) is 51.1 Å². The molecule has 0 spiro atoms. The number of para-hydroxylation sites is 1. The molecule has 0 bridgehead atoms. The summed E-state index contributed by atoms with van der Waals surface area (Å²) in [4.78, 5) is 0. The smallest absolute Gasteiger partial charge is 0.117 e. The third-order valence-corrected chi connectivity index (χ3v) is 10.6. The minimum Gasteiger partial charge on any atom is -0.374 e. The summed E-state index contributed by atoms with van der Waals surface area (Å²) in [5.74, 6) is 0. The predicted octanol–water partition coefficient (Wildman–Crippen LogP) is 10.2. The van der Waals surface area contributed by atoms with Crippen molar-refractivity contribution in [2.45, 2.75) is 63.4 Å². The van der Waals surface area contributed by atoms with E-state index in [-0.39, 0.29) is 0 Å². The molecular formula is C50H49NO5. The molecule has 56 heavy (non-hydrogen) atoms. The van der Waals surface area contributed by atoms with E-state index in [9.17, 15) is 0 Å². The molecule has 6 aromatic carbocycles. The summed E-state index contributed by atoms with van der Waals surface area (Å²) >= 11 is 0. The maximum Gasteiger partial charge on any atom is 0.117 e. The molecule has 5 atom stereocenters. The van der Waals surface area contributed by atoms with Gasteiger partial charge in [0.15, 0.2) is 0 Å². The van der Waals surface area contributed by atoms with Gasteiger partial charge in [-0.15, -0.1) is 0 Å². The number of aryl methyl sites for hydroxylation is 1. The highest BCUT2D eigenvalue weighted by Gasteiger charge is 2.49. The second-order valence-electron chi connectivity index (χ2n) is 14.6. The van der Waals surface area contributed by atoms with Gasteiger partial charge in [0.25, 0.3) is 0 Å². The van der Waals surface area contributed by atoms with Gasteiger partial charge in [-0.2, -0.15) is 0 Å². The maximum atomic E-state index is 7.21. The fourth-order valence-electron chi connectivity index (χ4n) is 7.66. The minimum absolute atomic E-state index is 0.317. The van der Waals surface area contributed by atoms with Crippen LogP contribution in [0.2, 0.25) is 0 Å². The standard InChI is InChI=1S/C50H49NO5/c1-51-44(31-42-26-14-15-28-45(42)51)30-41-25-16-27-43(29-41)47-49(54-34-39-21-10-4-11-22-39)50(55-35-40-23-12-5-13-24-40)48(53-33-38-19-8-3-9-20-38)46(56-47)36-52-32-37-17-6-2-7-18-37/h2-29,31,46-50H,30,32-36H2,1H3/t46-,47+,48-,49+,50+/m1/s1. The Morgan fingerprint density at radius 1 is 0.482 bits per heavy atom. The Bertz CT molecular complexity index is 2240. The normalized spacial score (nSPS) is 19.6. The van der Waals surface area contributed by atoms with Gasteiger partial charge in [-0.25, -0.2) is 0 Å². The monoisotopic (exact) mass is 743 g/mol. The SMILES string of the molecule is Cn1c(Cc2cccc([C@@H]3O[C@H](COCc4ccccc4)[C@@H](OCc4ccccc4)[C@H](OCc4ccccc4)[C@H]3OCc3ccccc3)c2)cc2ccccc21. The summed E-state index contributed by atoms with van der Waals surface area (Å²) in [7, 11) is 2.14. The lowest BCUT2D eigenvalue weighted by Crippen LogP contribution is -2.58. The summed E-state index contributed by atoms with van der Waals surface area (Å²) in [6.45, 7) is 1.96. The van der Waals surface area contributed by atoms with Crippen molar-refractivity contribution in [3.63, 3.8) is 0 Å². The lowest BCUT2D eigenvalue weighted by atomic mass is 9.89. The molecule has 0 saturated carbocycles. The first-order valence-electron chi connectivity index (χ1n) is 19.5. The molecule has 0 aliphatic carbocycles. The van der Waals surface area contributed by atoms with Crippen LogP contribution >= 0.6 is 0 Å². The first-order valence-corrected chi connectivity index (χ1v) is 19.5. The summed E-state index contributed by atoms with van der Waals surface area (Å²) < 4.78 is 36.8. The van der Waals surface area contributed by atoms with Crippen molar-refractivity contribution in [2.24, 2.45) is 7.05 Å². The van der Waals surface area contributed by atoms with Crippen LogP contribution in [0.5, 0.6) is 0 Å². The Morgan fingerprint density at radius 3 is 1.57 bits per heavy atom. The zero-order valence-electron chi connectivity index (χ0n) is 31.9. The zero-order chi connectivity index (χ0) is 37.9. The van der Waals surface area contributed by atoms with Gasteiger partial charge in [-0.3, -0.25) is 0 Å². The summed E-state index contributed by atoms with van der Waals surface area (Å²) in [6, 6.07) is 60.6. The lowest BCUT2D eigenvalue weighted by Gasteiger charge is -2.46. The average molecular weight is 744 g/mol. The third kappa shape index (κ3) is 9.36. The Labute approximate surface area is 330 Å². The van der Waals surface area contributed by atoms with Crippen LogP contribution in [0.1, 0.15) is 45.2 Å². The van der Waals surface area contributed by atoms with Gasteiger partial charge in [0, 0.05) is 24.7 Å². The van der Waals surface area contributed by atoms with E-state index >= 15 is 0 Å². The van der Waals surface area contributed by atoms with Gasteiger partial charge >= 0.3 is 0 Å². The first kappa shape index (κ1) is 37.6. The maximum absolute atomic E-state index is 7.21. The highest BCUT2D eigenvalue weighted by atomic mass is 16.6. The van der Waals surface area contributed by atoms with Crippen molar-refractivity contribution in [3.8, 4) is 0 Å². The number of ether oxygens (including phenoxy) is 5. The van der Waals surface area contributed by atoms with E-state index in [0.717, 1.165) is 34.2 Å². The Kier molecular flexibility index (Phi) is 12.4. The summed E-state index contributed by atoms with van der Waals surface area (Å²) in [6.07, 6.45) is -1.63. The summed E-state index contributed by atoms with van der Waals surface area (Å²) in [5, 5.41) is 1.24. The zero-order valence-corrected chi connectivity index (χ0v) is 31.9. The van der Waals surface area contributed by atoms with Crippen LogP contribution in [0.3, 0.4) is 0 Å². The quantitative estimate of drug-likeness (QED) is 0.0987. The molecule has 0 radical (unpaired) electrons. The van der Waals surface area contributed by atoms with E-state index in [4.69, 9.17) is 23.7 Å². The van der Waals surface area contributed by atoms with Gasteiger partial charge in [-0.05, 0) is 50.9 Å². The molecule has 0 N–H and O–H groups in total. The number of rotatable bonds is 16. The van der Waals surface area contributed by atoms with E-state index < -0.39 is 30.5 Å². The predicted molar refractivity (Wildman–Crippen MR) is 221 cm³/mol. The van der Waals surface area contributed by atoms with Crippen LogP contribution in [-0.2, 0) is 63.6 Å². The molecule has 0 unspecified atom stereocenters. The third-order valence-electron chi connectivity index (χ3n) is 10.6. The number of aromatic nitrogens is 1. The fraction of sp³-hybridized carbons (Fsp3) is 0.240. The molecule has 1 aliphatic rings. The highest BCUT2D eigenvalue weighted by Crippen LogP contribution is 2.39. The second kappa shape index (κ2) is 18.5. The average Bonchev–Trinajstić information content (AvgIpc) is 3.57.